The minimum absolute atomic E-state index is 1.11. The van der Waals surface area contributed by atoms with E-state index in [1.54, 1.807) is 0 Å². The molecule has 0 aromatic rings. The SMILES string of the molecule is C=CC=C(C=CC)C(C)=C(C)CC. The summed E-state index contributed by atoms with van der Waals surface area (Å²) in [5.41, 5.74) is 4.06. The third kappa shape index (κ3) is 3.93. The van der Waals surface area contributed by atoms with Gasteiger partial charge < -0.3 is 0 Å². The first-order valence-corrected chi connectivity index (χ1v) is 4.79. The molecular weight excluding hydrogens is 156 g/mol. The Morgan fingerprint density at radius 3 is 2.31 bits per heavy atom. The Kier molecular flexibility index (Phi) is 5.96. The van der Waals surface area contributed by atoms with Crippen LogP contribution in [0.1, 0.15) is 34.1 Å². The van der Waals surface area contributed by atoms with Crippen molar-refractivity contribution in [1.29, 1.82) is 0 Å². The van der Waals surface area contributed by atoms with Crippen LogP contribution in [0.4, 0.5) is 0 Å². The lowest BCUT2D eigenvalue weighted by Crippen LogP contribution is -1.86. The fraction of sp³-hybridized carbons (Fsp3) is 0.385. The van der Waals surface area contributed by atoms with Crippen molar-refractivity contribution in [2.24, 2.45) is 0 Å². The van der Waals surface area contributed by atoms with Crippen molar-refractivity contribution < 1.29 is 0 Å². The minimum atomic E-state index is 1.11. The molecule has 0 aliphatic carbocycles. The normalized spacial score (nSPS) is 14.6. The van der Waals surface area contributed by atoms with Crippen LogP contribution in [-0.2, 0) is 0 Å². The molecule has 0 aromatic carbocycles. The molecule has 13 heavy (non-hydrogen) atoms. The zero-order valence-electron chi connectivity index (χ0n) is 9.22. The van der Waals surface area contributed by atoms with Crippen LogP contribution < -0.4 is 0 Å². The van der Waals surface area contributed by atoms with Gasteiger partial charge >= 0.3 is 0 Å². The number of hydrogen-bond acceptors (Lipinski definition) is 0. The topological polar surface area (TPSA) is 0 Å². The van der Waals surface area contributed by atoms with Gasteiger partial charge in [-0.15, -0.1) is 0 Å². The first kappa shape index (κ1) is 12.0. The molecular formula is C13H20. The average molecular weight is 176 g/mol. The maximum absolute atomic E-state index is 3.72. The third-order valence-electron chi connectivity index (χ3n) is 2.25. The Balaban J connectivity index is 4.96. The first-order chi connectivity index (χ1) is 6.17. The molecule has 0 aliphatic rings. The average Bonchev–Trinajstić information content (AvgIpc) is 2.15. The lowest BCUT2D eigenvalue weighted by Gasteiger charge is -2.06. The summed E-state index contributed by atoms with van der Waals surface area (Å²) in [4.78, 5) is 0. The molecule has 0 atom stereocenters. The van der Waals surface area contributed by atoms with Crippen LogP contribution in [0.25, 0.3) is 0 Å². The summed E-state index contributed by atoms with van der Waals surface area (Å²) in [7, 11) is 0. The fourth-order valence-corrected chi connectivity index (χ4v) is 1.12. The Labute approximate surface area is 82.4 Å². The lowest BCUT2D eigenvalue weighted by molar-refractivity contribution is 1.06. The van der Waals surface area contributed by atoms with E-state index in [1.165, 1.54) is 16.7 Å². The van der Waals surface area contributed by atoms with E-state index in [9.17, 15) is 0 Å². The number of allylic oxidation sites excluding steroid dienone is 7. The van der Waals surface area contributed by atoms with E-state index in [1.807, 2.05) is 13.0 Å². The number of rotatable bonds is 4. The van der Waals surface area contributed by atoms with E-state index in [2.05, 4.69) is 45.6 Å². The first-order valence-electron chi connectivity index (χ1n) is 4.79. The monoisotopic (exact) mass is 176 g/mol. The predicted molar refractivity (Wildman–Crippen MR) is 61.8 cm³/mol. The summed E-state index contributed by atoms with van der Waals surface area (Å²) in [6.45, 7) is 12.3. The predicted octanol–water partition coefficient (Wildman–Crippen LogP) is 4.42. The van der Waals surface area contributed by atoms with E-state index in [-0.39, 0.29) is 0 Å². The zero-order valence-corrected chi connectivity index (χ0v) is 9.22. The molecule has 0 aliphatic heterocycles. The highest BCUT2D eigenvalue weighted by molar-refractivity contribution is 5.42. The Morgan fingerprint density at radius 2 is 1.92 bits per heavy atom. The van der Waals surface area contributed by atoms with Crippen LogP contribution in [0.2, 0.25) is 0 Å². The molecule has 0 bridgehead atoms. The fourth-order valence-electron chi connectivity index (χ4n) is 1.12. The van der Waals surface area contributed by atoms with Gasteiger partial charge in [0.25, 0.3) is 0 Å². The van der Waals surface area contributed by atoms with Crippen molar-refractivity contribution in [1.82, 2.24) is 0 Å². The minimum Gasteiger partial charge on any atom is -0.0990 e. The van der Waals surface area contributed by atoms with Crippen LogP contribution in [-0.4, -0.2) is 0 Å². The summed E-state index contributed by atoms with van der Waals surface area (Å²) in [6, 6.07) is 0. The van der Waals surface area contributed by atoms with Crippen LogP contribution in [0, 0.1) is 0 Å². The van der Waals surface area contributed by atoms with Crippen molar-refractivity contribution in [3.05, 3.63) is 47.6 Å². The van der Waals surface area contributed by atoms with E-state index in [0.29, 0.717) is 0 Å². The summed E-state index contributed by atoms with van der Waals surface area (Å²) in [6.07, 6.45) is 9.17. The van der Waals surface area contributed by atoms with Crippen LogP contribution >= 0.6 is 0 Å². The molecule has 0 heteroatoms. The van der Waals surface area contributed by atoms with Gasteiger partial charge in [-0.1, -0.05) is 43.4 Å². The third-order valence-corrected chi connectivity index (χ3v) is 2.25. The standard InChI is InChI=1S/C13H20/c1-6-9-13(10-7-2)12(5)11(4)8-3/h6-7,9-10H,1,8H2,2-5H3. The molecule has 0 N–H and O–H groups in total. The highest BCUT2D eigenvalue weighted by Crippen LogP contribution is 2.17. The Bertz CT molecular complexity index is 249. The maximum Gasteiger partial charge on any atom is -0.0231 e. The van der Waals surface area contributed by atoms with Crippen molar-refractivity contribution in [2.45, 2.75) is 34.1 Å². The van der Waals surface area contributed by atoms with Crippen LogP contribution in [0.3, 0.4) is 0 Å². The van der Waals surface area contributed by atoms with Crippen LogP contribution in [0.5, 0.6) is 0 Å². The molecule has 0 nitrogen and oxygen atoms in total. The van der Waals surface area contributed by atoms with E-state index in [0.717, 1.165) is 6.42 Å². The van der Waals surface area contributed by atoms with Crippen molar-refractivity contribution in [3.63, 3.8) is 0 Å². The Hall–Kier alpha value is -1.04. The van der Waals surface area contributed by atoms with E-state index in [4.69, 9.17) is 0 Å². The molecule has 0 spiro atoms. The molecule has 0 unspecified atom stereocenters. The molecule has 0 saturated carbocycles. The number of hydrogen-bond donors (Lipinski definition) is 0. The maximum atomic E-state index is 3.72. The molecule has 0 fully saturated rings. The van der Waals surface area contributed by atoms with E-state index < -0.39 is 0 Å². The molecule has 0 radical (unpaired) electrons. The molecule has 0 amide bonds. The second-order valence-corrected chi connectivity index (χ2v) is 3.12. The van der Waals surface area contributed by atoms with Crippen molar-refractivity contribution in [2.75, 3.05) is 0 Å². The summed E-state index contributed by atoms with van der Waals surface area (Å²) in [5.74, 6) is 0. The summed E-state index contributed by atoms with van der Waals surface area (Å²) < 4.78 is 0. The van der Waals surface area contributed by atoms with Crippen molar-refractivity contribution >= 4 is 0 Å². The van der Waals surface area contributed by atoms with Gasteiger partial charge in [0.2, 0.25) is 0 Å². The van der Waals surface area contributed by atoms with Gasteiger partial charge in [0.1, 0.15) is 0 Å². The van der Waals surface area contributed by atoms with Crippen LogP contribution in [0.15, 0.2) is 47.6 Å². The molecule has 0 aromatic heterocycles. The lowest BCUT2D eigenvalue weighted by atomic mass is 10.00. The summed E-state index contributed by atoms with van der Waals surface area (Å²) >= 11 is 0. The van der Waals surface area contributed by atoms with E-state index >= 15 is 0 Å². The summed E-state index contributed by atoms with van der Waals surface area (Å²) in [5, 5.41) is 0. The van der Waals surface area contributed by atoms with Crippen molar-refractivity contribution in [3.8, 4) is 0 Å². The van der Waals surface area contributed by atoms with Gasteiger partial charge in [-0.3, -0.25) is 0 Å². The van der Waals surface area contributed by atoms with Gasteiger partial charge in [0.05, 0.1) is 0 Å². The molecule has 0 saturated heterocycles. The zero-order chi connectivity index (χ0) is 10.3. The quantitative estimate of drug-likeness (QED) is 0.556. The highest BCUT2D eigenvalue weighted by atomic mass is 14.0. The molecule has 0 rings (SSSR count). The second kappa shape index (κ2) is 6.47. The smallest absolute Gasteiger partial charge is 0.0231 e. The van der Waals surface area contributed by atoms with Gasteiger partial charge in [-0.05, 0) is 38.3 Å². The molecule has 0 heterocycles. The molecule has 72 valence electrons. The largest absolute Gasteiger partial charge is 0.0990 e. The van der Waals surface area contributed by atoms with Gasteiger partial charge in [-0.25, -0.2) is 0 Å². The second-order valence-electron chi connectivity index (χ2n) is 3.12. The van der Waals surface area contributed by atoms with Gasteiger partial charge in [-0.2, -0.15) is 0 Å². The Morgan fingerprint density at radius 1 is 1.31 bits per heavy atom. The van der Waals surface area contributed by atoms with Gasteiger partial charge in [0, 0.05) is 0 Å². The highest BCUT2D eigenvalue weighted by Gasteiger charge is 1.97. The van der Waals surface area contributed by atoms with Gasteiger partial charge in [0.15, 0.2) is 0 Å².